The predicted octanol–water partition coefficient (Wildman–Crippen LogP) is 1.28. The summed E-state index contributed by atoms with van der Waals surface area (Å²) in [5, 5.41) is 12.8. The van der Waals surface area contributed by atoms with Crippen LogP contribution in [-0.2, 0) is 0 Å². The van der Waals surface area contributed by atoms with Gasteiger partial charge in [-0.25, -0.2) is 9.67 Å². The number of anilines is 1. The molecular weight excluding hydrogens is 368 g/mol. The number of likely N-dealkylation sites (tertiary alicyclic amines) is 1. The minimum absolute atomic E-state index is 0.0575. The van der Waals surface area contributed by atoms with Gasteiger partial charge in [0.2, 0.25) is 0 Å². The van der Waals surface area contributed by atoms with Crippen molar-refractivity contribution in [2.75, 3.05) is 31.1 Å². The fourth-order valence-electron chi connectivity index (χ4n) is 4.38. The van der Waals surface area contributed by atoms with Crippen LogP contribution in [0.5, 0.6) is 0 Å². The summed E-state index contributed by atoms with van der Waals surface area (Å²) >= 11 is 0. The maximum atomic E-state index is 12.9. The molecule has 3 aromatic rings. The molecule has 0 radical (unpaired) electrons. The molecule has 2 aliphatic rings. The van der Waals surface area contributed by atoms with Gasteiger partial charge in [0.05, 0.1) is 11.9 Å². The fraction of sp³-hybridized carbons (Fsp3) is 0.400. The van der Waals surface area contributed by atoms with Crippen molar-refractivity contribution < 1.29 is 4.79 Å². The first-order valence-electron chi connectivity index (χ1n) is 9.76. The highest BCUT2D eigenvalue weighted by Gasteiger charge is 2.42. The van der Waals surface area contributed by atoms with Crippen LogP contribution < -0.4 is 4.90 Å². The van der Waals surface area contributed by atoms with Crippen LogP contribution in [0.2, 0.25) is 0 Å². The molecule has 3 aromatic heterocycles. The molecule has 9 nitrogen and oxygen atoms in total. The van der Waals surface area contributed by atoms with E-state index in [9.17, 15) is 4.79 Å². The standard InChI is InChI=1S/C20H22N8O/c1-13-7-14(2)28(25-13)18-4-3-17(23-24-18)20(29)27-11-15-9-26(10-16(15)12-27)19-8-21-5-6-22-19/h3-8,15-16H,9-12H2,1-2H3. The number of nitrogens with zero attached hydrogens (tertiary/aromatic N) is 8. The maximum Gasteiger partial charge on any atom is 0.274 e. The first-order valence-corrected chi connectivity index (χ1v) is 9.76. The highest BCUT2D eigenvalue weighted by molar-refractivity contribution is 5.92. The van der Waals surface area contributed by atoms with Gasteiger partial charge >= 0.3 is 0 Å². The van der Waals surface area contributed by atoms with E-state index in [1.54, 1.807) is 35.4 Å². The molecule has 5 heterocycles. The van der Waals surface area contributed by atoms with Crippen molar-refractivity contribution in [1.29, 1.82) is 0 Å². The van der Waals surface area contributed by atoms with Crippen LogP contribution in [0, 0.1) is 25.7 Å². The zero-order valence-electron chi connectivity index (χ0n) is 16.4. The molecule has 9 heteroatoms. The number of hydrogen-bond donors (Lipinski definition) is 0. The molecule has 0 aromatic carbocycles. The van der Waals surface area contributed by atoms with Gasteiger partial charge in [0.25, 0.3) is 5.91 Å². The predicted molar refractivity (Wildman–Crippen MR) is 106 cm³/mol. The third-order valence-corrected chi connectivity index (χ3v) is 5.74. The summed E-state index contributed by atoms with van der Waals surface area (Å²) in [6.07, 6.45) is 5.19. The van der Waals surface area contributed by atoms with E-state index in [2.05, 4.69) is 30.2 Å². The summed E-state index contributed by atoms with van der Waals surface area (Å²) in [6, 6.07) is 5.52. The maximum absolute atomic E-state index is 12.9. The van der Waals surface area contributed by atoms with E-state index < -0.39 is 0 Å². The summed E-state index contributed by atoms with van der Waals surface area (Å²) in [7, 11) is 0. The van der Waals surface area contributed by atoms with Crippen LogP contribution in [0.3, 0.4) is 0 Å². The number of fused-ring (bicyclic) bond motifs is 1. The van der Waals surface area contributed by atoms with Gasteiger partial charge < -0.3 is 9.80 Å². The van der Waals surface area contributed by atoms with E-state index in [-0.39, 0.29) is 5.91 Å². The van der Waals surface area contributed by atoms with Crippen LogP contribution >= 0.6 is 0 Å². The number of amides is 1. The minimum Gasteiger partial charge on any atom is -0.355 e. The Morgan fingerprint density at radius 2 is 1.79 bits per heavy atom. The minimum atomic E-state index is -0.0575. The second-order valence-corrected chi connectivity index (χ2v) is 7.81. The molecule has 0 N–H and O–H groups in total. The second kappa shape index (κ2) is 6.91. The lowest BCUT2D eigenvalue weighted by molar-refractivity contribution is 0.0775. The second-order valence-electron chi connectivity index (χ2n) is 7.81. The third kappa shape index (κ3) is 3.22. The zero-order chi connectivity index (χ0) is 20.0. The lowest BCUT2D eigenvalue weighted by Gasteiger charge is -2.21. The van der Waals surface area contributed by atoms with E-state index in [1.165, 1.54) is 0 Å². The Morgan fingerprint density at radius 3 is 2.38 bits per heavy atom. The van der Waals surface area contributed by atoms with E-state index in [1.807, 2.05) is 24.8 Å². The van der Waals surface area contributed by atoms with Gasteiger partial charge in [-0.2, -0.15) is 5.10 Å². The van der Waals surface area contributed by atoms with Gasteiger partial charge in [-0.05, 0) is 32.0 Å². The molecule has 2 saturated heterocycles. The molecule has 0 spiro atoms. The SMILES string of the molecule is Cc1cc(C)n(-c2ccc(C(=O)N3CC4CN(c5cnccn5)CC4C3)nn2)n1. The summed E-state index contributed by atoms with van der Waals surface area (Å²) in [4.78, 5) is 25.6. The molecule has 2 fully saturated rings. The number of aryl methyl sites for hydroxylation is 2. The molecule has 0 bridgehead atoms. The Bertz CT molecular complexity index is 1020. The quantitative estimate of drug-likeness (QED) is 0.665. The average Bonchev–Trinajstić information content (AvgIpc) is 3.41. The molecule has 29 heavy (non-hydrogen) atoms. The van der Waals surface area contributed by atoms with Crippen LogP contribution in [0.1, 0.15) is 21.9 Å². The van der Waals surface area contributed by atoms with Crippen molar-refractivity contribution in [3.8, 4) is 5.82 Å². The van der Waals surface area contributed by atoms with Gasteiger partial charge in [0.1, 0.15) is 5.82 Å². The number of hydrogen-bond acceptors (Lipinski definition) is 7. The molecule has 1 amide bonds. The Kier molecular flexibility index (Phi) is 4.22. The van der Waals surface area contributed by atoms with E-state index >= 15 is 0 Å². The van der Waals surface area contributed by atoms with Crippen molar-refractivity contribution >= 4 is 11.7 Å². The highest BCUT2D eigenvalue weighted by atomic mass is 16.2. The van der Waals surface area contributed by atoms with E-state index in [4.69, 9.17) is 0 Å². The zero-order valence-corrected chi connectivity index (χ0v) is 16.4. The first-order chi connectivity index (χ1) is 14.1. The van der Waals surface area contributed by atoms with Gasteiger partial charge in [0, 0.05) is 56.1 Å². The van der Waals surface area contributed by atoms with Crippen LogP contribution in [0.15, 0.2) is 36.8 Å². The molecule has 2 aliphatic heterocycles. The Morgan fingerprint density at radius 1 is 1.00 bits per heavy atom. The third-order valence-electron chi connectivity index (χ3n) is 5.74. The highest BCUT2D eigenvalue weighted by Crippen LogP contribution is 2.33. The molecule has 148 valence electrons. The first kappa shape index (κ1) is 17.7. The molecule has 2 unspecified atom stereocenters. The van der Waals surface area contributed by atoms with Crippen molar-refractivity contribution in [1.82, 2.24) is 34.8 Å². The van der Waals surface area contributed by atoms with Crippen molar-refractivity contribution in [2.45, 2.75) is 13.8 Å². The van der Waals surface area contributed by atoms with Crippen LogP contribution in [0.25, 0.3) is 5.82 Å². The van der Waals surface area contributed by atoms with E-state index in [0.717, 1.165) is 43.4 Å². The smallest absolute Gasteiger partial charge is 0.274 e. The number of rotatable bonds is 3. The Hall–Kier alpha value is -3.36. The largest absolute Gasteiger partial charge is 0.355 e. The van der Waals surface area contributed by atoms with Crippen molar-refractivity contribution in [3.63, 3.8) is 0 Å². The van der Waals surface area contributed by atoms with Crippen molar-refractivity contribution in [2.24, 2.45) is 11.8 Å². The lowest BCUT2D eigenvalue weighted by atomic mass is 10.0. The van der Waals surface area contributed by atoms with Crippen molar-refractivity contribution in [3.05, 3.63) is 53.9 Å². The lowest BCUT2D eigenvalue weighted by Crippen LogP contribution is -2.34. The summed E-state index contributed by atoms with van der Waals surface area (Å²) in [5.41, 5.74) is 2.28. The van der Waals surface area contributed by atoms with Gasteiger partial charge in [0.15, 0.2) is 11.5 Å². The summed E-state index contributed by atoms with van der Waals surface area (Å²) in [5.74, 6) is 2.36. The molecular formula is C20H22N8O. The molecule has 5 rings (SSSR count). The normalized spacial score (nSPS) is 20.9. The topological polar surface area (TPSA) is 92.9 Å². The average molecular weight is 390 g/mol. The summed E-state index contributed by atoms with van der Waals surface area (Å²) in [6.45, 7) is 7.17. The Balaban J connectivity index is 1.25. The number of carbonyl (C=O) groups excluding carboxylic acids is 1. The number of aromatic nitrogens is 6. The van der Waals surface area contributed by atoms with E-state index in [0.29, 0.717) is 23.3 Å². The molecule has 0 aliphatic carbocycles. The van der Waals surface area contributed by atoms with Gasteiger partial charge in [-0.1, -0.05) is 0 Å². The fourth-order valence-corrected chi connectivity index (χ4v) is 4.38. The van der Waals surface area contributed by atoms with Crippen LogP contribution in [-0.4, -0.2) is 66.9 Å². The molecule has 2 atom stereocenters. The monoisotopic (exact) mass is 390 g/mol. The van der Waals surface area contributed by atoms with Gasteiger partial charge in [-0.3, -0.25) is 9.78 Å². The summed E-state index contributed by atoms with van der Waals surface area (Å²) < 4.78 is 1.73. The van der Waals surface area contributed by atoms with Gasteiger partial charge in [-0.15, -0.1) is 10.2 Å². The Labute approximate surface area is 168 Å². The number of carbonyl (C=O) groups is 1. The van der Waals surface area contributed by atoms with Crippen LogP contribution in [0.4, 0.5) is 5.82 Å². The molecule has 0 saturated carbocycles.